The minimum Gasteiger partial charge on any atom is -0.312 e. The zero-order valence-corrected chi connectivity index (χ0v) is 13.4. The van der Waals surface area contributed by atoms with E-state index in [1.165, 1.54) is 45.2 Å². The molecular formula is C16H33N3. The van der Waals surface area contributed by atoms with Gasteiger partial charge in [0.25, 0.3) is 0 Å². The second-order valence-electron chi connectivity index (χ2n) is 6.91. The summed E-state index contributed by atoms with van der Waals surface area (Å²) >= 11 is 0. The number of likely N-dealkylation sites (N-methyl/N-ethyl adjacent to an activating group) is 1. The first kappa shape index (κ1) is 15.3. The summed E-state index contributed by atoms with van der Waals surface area (Å²) in [6, 6.07) is 2.82. The largest absolute Gasteiger partial charge is 0.312 e. The molecule has 0 aromatic carbocycles. The van der Waals surface area contributed by atoms with Crippen LogP contribution in [0.2, 0.25) is 0 Å². The number of hydrogen-bond acceptors (Lipinski definition) is 3. The zero-order valence-electron chi connectivity index (χ0n) is 13.4. The Morgan fingerprint density at radius 3 is 2.21 bits per heavy atom. The highest BCUT2D eigenvalue weighted by Crippen LogP contribution is 2.18. The van der Waals surface area contributed by atoms with Crippen molar-refractivity contribution >= 4 is 0 Å². The molecule has 1 saturated heterocycles. The Labute approximate surface area is 119 Å². The molecule has 0 spiro atoms. The lowest BCUT2D eigenvalue weighted by Gasteiger charge is -2.45. The second-order valence-corrected chi connectivity index (χ2v) is 6.91. The summed E-state index contributed by atoms with van der Waals surface area (Å²) < 4.78 is 0. The monoisotopic (exact) mass is 267 g/mol. The Kier molecular flexibility index (Phi) is 5.67. The third-order valence-corrected chi connectivity index (χ3v) is 5.32. The van der Waals surface area contributed by atoms with Gasteiger partial charge in [-0.3, -0.25) is 9.80 Å². The third-order valence-electron chi connectivity index (χ3n) is 5.32. The van der Waals surface area contributed by atoms with Crippen molar-refractivity contribution in [2.24, 2.45) is 0 Å². The van der Waals surface area contributed by atoms with Gasteiger partial charge in [-0.1, -0.05) is 19.3 Å². The molecule has 2 rings (SSSR count). The molecule has 3 atom stereocenters. The standard InChI is InChI=1S/C16H33N3/c1-13(10-17-16-8-6-5-7-9-16)19-11-14(2)18(4)15(3)12-19/h13-17H,5-12H2,1-4H3. The van der Waals surface area contributed by atoms with Crippen molar-refractivity contribution in [1.82, 2.24) is 15.1 Å². The van der Waals surface area contributed by atoms with Crippen LogP contribution in [0.1, 0.15) is 52.9 Å². The average molecular weight is 267 g/mol. The quantitative estimate of drug-likeness (QED) is 0.843. The van der Waals surface area contributed by atoms with Gasteiger partial charge in [-0.2, -0.15) is 0 Å². The van der Waals surface area contributed by atoms with Crippen LogP contribution in [0.4, 0.5) is 0 Å². The van der Waals surface area contributed by atoms with Gasteiger partial charge in [0.1, 0.15) is 0 Å². The molecule has 1 aliphatic heterocycles. The summed E-state index contributed by atoms with van der Waals surface area (Å²) in [5.41, 5.74) is 0. The molecule has 1 heterocycles. The van der Waals surface area contributed by atoms with Crippen LogP contribution >= 0.6 is 0 Å². The molecule has 19 heavy (non-hydrogen) atoms. The average Bonchev–Trinajstić information content (AvgIpc) is 2.42. The van der Waals surface area contributed by atoms with E-state index in [1.807, 2.05) is 0 Å². The molecule has 0 radical (unpaired) electrons. The van der Waals surface area contributed by atoms with Crippen molar-refractivity contribution in [3.8, 4) is 0 Å². The lowest BCUT2D eigenvalue weighted by atomic mass is 9.95. The second kappa shape index (κ2) is 7.05. The summed E-state index contributed by atoms with van der Waals surface area (Å²) in [4.78, 5) is 5.18. The fourth-order valence-electron chi connectivity index (χ4n) is 3.58. The van der Waals surface area contributed by atoms with E-state index in [2.05, 4.69) is 42.9 Å². The van der Waals surface area contributed by atoms with E-state index in [0.717, 1.165) is 12.6 Å². The van der Waals surface area contributed by atoms with Crippen LogP contribution in [0.3, 0.4) is 0 Å². The summed E-state index contributed by atoms with van der Waals surface area (Å²) in [7, 11) is 2.26. The fourth-order valence-corrected chi connectivity index (χ4v) is 3.58. The van der Waals surface area contributed by atoms with Crippen LogP contribution in [0.25, 0.3) is 0 Å². The summed E-state index contributed by atoms with van der Waals surface area (Å²) in [5.74, 6) is 0. The topological polar surface area (TPSA) is 18.5 Å². The SMILES string of the molecule is CC(CNC1CCCCC1)N1CC(C)N(C)C(C)C1. The fraction of sp³-hybridized carbons (Fsp3) is 1.00. The van der Waals surface area contributed by atoms with Crippen LogP contribution in [-0.4, -0.2) is 60.6 Å². The van der Waals surface area contributed by atoms with Crippen LogP contribution in [0.5, 0.6) is 0 Å². The number of nitrogens with one attached hydrogen (secondary N) is 1. The Hall–Kier alpha value is -0.120. The Balaban J connectivity index is 1.74. The Morgan fingerprint density at radius 2 is 1.63 bits per heavy atom. The number of nitrogens with zero attached hydrogens (tertiary/aromatic N) is 2. The maximum atomic E-state index is 3.80. The van der Waals surface area contributed by atoms with Gasteiger partial charge >= 0.3 is 0 Å². The van der Waals surface area contributed by atoms with E-state index in [4.69, 9.17) is 0 Å². The zero-order chi connectivity index (χ0) is 13.8. The normalized spacial score (nSPS) is 33.5. The van der Waals surface area contributed by atoms with Gasteiger partial charge in [0, 0.05) is 43.8 Å². The molecule has 1 aliphatic carbocycles. The van der Waals surface area contributed by atoms with Crippen molar-refractivity contribution in [3.63, 3.8) is 0 Å². The van der Waals surface area contributed by atoms with E-state index in [1.54, 1.807) is 0 Å². The molecule has 112 valence electrons. The van der Waals surface area contributed by atoms with Crippen LogP contribution in [-0.2, 0) is 0 Å². The molecule has 0 amide bonds. The molecule has 2 fully saturated rings. The predicted octanol–water partition coefficient (Wildman–Crippen LogP) is 2.32. The lowest BCUT2D eigenvalue weighted by Crippen LogP contribution is -2.58. The Morgan fingerprint density at radius 1 is 1.05 bits per heavy atom. The van der Waals surface area contributed by atoms with Crippen molar-refractivity contribution in [3.05, 3.63) is 0 Å². The Bertz CT molecular complexity index is 251. The van der Waals surface area contributed by atoms with Gasteiger partial charge in [0.15, 0.2) is 0 Å². The van der Waals surface area contributed by atoms with E-state index < -0.39 is 0 Å². The van der Waals surface area contributed by atoms with Crippen molar-refractivity contribution < 1.29 is 0 Å². The van der Waals surface area contributed by atoms with Gasteiger partial charge in [0.2, 0.25) is 0 Å². The molecule has 0 aromatic rings. The van der Waals surface area contributed by atoms with Gasteiger partial charge in [-0.05, 0) is 40.7 Å². The van der Waals surface area contributed by atoms with Crippen molar-refractivity contribution in [2.45, 2.75) is 77.0 Å². The smallest absolute Gasteiger partial charge is 0.0195 e. The first-order valence-electron chi connectivity index (χ1n) is 8.27. The van der Waals surface area contributed by atoms with E-state index >= 15 is 0 Å². The number of hydrogen-bond donors (Lipinski definition) is 1. The van der Waals surface area contributed by atoms with Gasteiger partial charge < -0.3 is 5.32 Å². The number of piperazine rings is 1. The first-order valence-corrected chi connectivity index (χ1v) is 8.27. The molecule has 3 unspecified atom stereocenters. The van der Waals surface area contributed by atoms with Crippen molar-refractivity contribution in [1.29, 1.82) is 0 Å². The molecule has 1 saturated carbocycles. The highest BCUT2D eigenvalue weighted by atomic mass is 15.3. The van der Waals surface area contributed by atoms with Gasteiger partial charge in [-0.25, -0.2) is 0 Å². The van der Waals surface area contributed by atoms with Gasteiger partial charge in [-0.15, -0.1) is 0 Å². The first-order chi connectivity index (χ1) is 9.08. The van der Waals surface area contributed by atoms with Crippen LogP contribution in [0.15, 0.2) is 0 Å². The number of rotatable bonds is 4. The minimum absolute atomic E-state index is 0.667. The maximum Gasteiger partial charge on any atom is 0.0195 e. The summed E-state index contributed by atoms with van der Waals surface area (Å²) in [6.45, 7) is 10.7. The van der Waals surface area contributed by atoms with Crippen molar-refractivity contribution in [2.75, 3.05) is 26.7 Å². The van der Waals surface area contributed by atoms with E-state index in [9.17, 15) is 0 Å². The highest BCUT2D eigenvalue weighted by molar-refractivity contribution is 4.86. The van der Waals surface area contributed by atoms with E-state index in [0.29, 0.717) is 18.1 Å². The molecular weight excluding hydrogens is 234 g/mol. The summed E-state index contributed by atoms with van der Waals surface area (Å²) in [5, 5.41) is 3.80. The highest BCUT2D eigenvalue weighted by Gasteiger charge is 2.29. The van der Waals surface area contributed by atoms with Crippen LogP contribution < -0.4 is 5.32 Å². The molecule has 1 N–H and O–H groups in total. The predicted molar refractivity (Wildman–Crippen MR) is 82.6 cm³/mol. The van der Waals surface area contributed by atoms with Crippen LogP contribution in [0, 0.1) is 0 Å². The van der Waals surface area contributed by atoms with E-state index in [-0.39, 0.29) is 0 Å². The van der Waals surface area contributed by atoms with Gasteiger partial charge in [0.05, 0.1) is 0 Å². The molecule has 2 aliphatic rings. The molecule has 3 heteroatoms. The minimum atomic E-state index is 0.667. The molecule has 0 aromatic heterocycles. The summed E-state index contributed by atoms with van der Waals surface area (Å²) in [6.07, 6.45) is 7.08. The third kappa shape index (κ3) is 4.17. The molecule has 0 bridgehead atoms. The maximum absolute atomic E-state index is 3.80. The lowest BCUT2D eigenvalue weighted by molar-refractivity contribution is 0.0371. The molecule has 3 nitrogen and oxygen atoms in total.